The number of rotatable bonds is 5. The summed E-state index contributed by atoms with van der Waals surface area (Å²) in [5, 5.41) is 1.29. The minimum atomic E-state index is 1.13. The number of unbranched alkanes of at least 4 members (excludes halogenated alkanes) is 2. The molecule has 0 saturated carbocycles. The van der Waals surface area contributed by atoms with Crippen molar-refractivity contribution in [3.63, 3.8) is 0 Å². The molecule has 0 N–H and O–H groups in total. The van der Waals surface area contributed by atoms with Crippen LogP contribution < -0.4 is 0 Å². The lowest BCUT2D eigenvalue weighted by atomic mass is 10.2. The van der Waals surface area contributed by atoms with Crippen LogP contribution in [0.1, 0.15) is 36.9 Å². The summed E-state index contributed by atoms with van der Waals surface area (Å²) < 4.78 is 0. The van der Waals surface area contributed by atoms with Crippen molar-refractivity contribution in [3.05, 3.63) is 41.0 Å². The zero-order valence-corrected chi connectivity index (χ0v) is 11.4. The van der Waals surface area contributed by atoms with E-state index in [0.717, 1.165) is 6.42 Å². The molecule has 0 radical (unpaired) electrons. The molecule has 0 aliphatic rings. The van der Waals surface area contributed by atoms with Crippen LogP contribution in [0.4, 0.5) is 0 Å². The molecule has 17 heavy (non-hydrogen) atoms. The molecular weight excluding hydrogens is 226 g/mol. The Bertz CT molecular complexity index is 459. The number of thiazole rings is 1. The van der Waals surface area contributed by atoms with Gasteiger partial charge >= 0.3 is 0 Å². The second-order valence-corrected chi connectivity index (χ2v) is 5.43. The number of nitrogens with zero attached hydrogens (tertiary/aromatic N) is 1. The van der Waals surface area contributed by atoms with Crippen LogP contribution in [0.5, 0.6) is 0 Å². The number of hydrogen-bond donors (Lipinski definition) is 0. The minimum Gasteiger partial charge on any atom is -0.246 e. The Morgan fingerprint density at radius 2 is 1.88 bits per heavy atom. The lowest BCUT2D eigenvalue weighted by Gasteiger charge is -1.96. The molecular formula is C15H19NS. The Morgan fingerprint density at radius 1 is 1.12 bits per heavy atom. The molecule has 1 aromatic carbocycles. The largest absolute Gasteiger partial charge is 0.246 e. The molecule has 90 valence electrons. The van der Waals surface area contributed by atoms with Gasteiger partial charge < -0.3 is 0 Å². The predicted molar refractivity (Wildman–Crippen MR) is 75.5 cm³/mol. The highest BCUT2D eigenvalue weighted by atomic mass is 32.1. The molecule has 1 nitrogen and oxygen atoms in total. The first-order chi connectivity index (χ1) is 8.31. The molecule has 0 aliphatic heterocycles. The zero-order chi connectivity index (χ0) is 12.1. The van der Waals surface area contributed by atoms with E-state index in [1.54, 1.807) is 0 Å². The summed E-state index contributed by atoms with van der Waals surface area (Å²) in [6.45, 7) is 4.35. The second kappa shape index (κ2) is 5.97. The third-order valence-corrected chi connectivity index (χ3v) is 4.14. The highest BCUT2D eigenvalue weighted by Crippen LogP contribution is 2.30. The fourth-order valence-corrected chi connectivity index (χ4v) is 3.05. The smallest absolute Gasteiger partial charge is 0.0934 e. The van der Waals surface area contributed by atoms with Gasteiger partial charge in [0.25, 0.3) is 0 Å². The van der Waals surface area contributed by atoms with Crippen LogP contribution in [-0.4, -0.2) is 4.98 Å². The normalized spacial score (nSPS) is 10.7. The Balaban J connectivity index is 2.14. The van der Waals surface area contributed by atoms with Gasteiger partial charge in [0.05, 0.1) is 15.6 Å². The molecule has 0 bridgehead atoms. The van der Waals surface area contributed by atoms with Crippen LogP contribution >= 0.6 is 11.3 Å². The summed E-state index contributed by atoms with van der Waals surface area (Å²) in [6.07, 6.45) is 4.97. The SMILES string of the molecule is CCCCCc1nc(C)c(-c2ccccc2)s1. The second-order valence-electron chi connectivity index (χ2n) is 4.35. The molecule has 0 unspecified atom stereocenters. The Kier molecular flexibility index (Phi) is 4.32. The summed E-state index contributed by atoms with van der Waals surface area (Å²) >= 11 is 1.85. The van der Waals surface area contributed by atoms with Gasteiger partial charge in [0, 0.05) is 0 Å². The van der Waals surface area contributed by atoms with Gasteiger partial charge in [-0.05, 0) is 25.3 Å². The number of benzene rings is 1. The van der Waals surface area contributed by atoms with Crippen LogP contribution in [0, 0.1) is 6.92 Å². The van der Waals surface area contributed by atoms with Gasteiger partial charge in [-0.15, -0.1) is 11.3 Å². The Hall–Kier alpha value is -1.15. The minimum absolute atomic E-state index is 1.13. The number of aromatic nitrogens is 1. The van der Waals surface area contributed by atoms with E-state index in [1.807, 2.05) is 11.3 Å². The monoisotopic (exact) mass is 245 g/mol. The molecule has 0 amide bonds. The maximum Gasteiger partial charge on any atom is 0.0934 e. The van der Waals surface area contributed by atoms with Crippen molar-refractivity contribution in [2.24, 2.45) is 0 Å². The lowest BCUT2D eigenvalue weighted by molar-refractivity contribution is 0.714. The average Bonchev–Trinajstić information content (AvgIpc) is 2.72. The molecule has 0 saturated heterocycles. The van der Waals surface area contributed by atoms with Crippen molar-refractivity contribution in [1.82, 2.24) is 4.98 Å². The molecule has 0 fully saturated rings. The molecule has 1 aromatic heterocycles. The molecule has 0 spiro atoms. The van der Waals surface area contributed by atoms with E-state index in [4.69, 9.17) is 0 Å². The van der Waals surface area contributed by atoms with E-state index in [-0.39, 0.29) is 0 Å². The van der Waals surface area contributed by atoms with Gasteiger partial charge in [0.1, 0.15) is 0 Å². The van der Waals surface area contributed by atoms with Gasteiger partial charge in [0.2, 0.25) is 0 Å². The number of aryl methyl sites for hydroxylation is 2. The van der Waals surface area contributed by atoms with Gasteiger partial charge in [0.15, 0.2) is 0 Å². The van der Waals surface area contributed by atoms with Crippen molar-refractivity contribution >= 4 is 11.3 Å². The molecule has 2 aromatic rings. The van der Waals surface area contributed by atoms with Gasteiger partial charge in [-0.3, -0.25) is 0 Å². The van der Waals surface area contributed by atoms with E-state index >= 15 is 0 Å². The van der Waals surface area contributed by atoms with E-state index in [9.17, 15) is 0 Å². The van der Waals surface area contributed by atoms with Crippen molar-refractivity contribution < 1.29 is 0 Å². The quantitative estimate of drug-likeness (QED) is 0.686. The first-order valence-electron chi connectivity index (χ1n) is 6.33. The Morgan fingerprint density at radius 3 is 2.59 bits per heavy atom. The van der Waals surface area contributed by atoms with Crippen molar-refractivity contribution in [1.29, 1.82) is 0 Å². The van der Waals surface area contributed by atoms with Crippen LogP contribution in [0.2, 0.25) is 0 Å². The highest BCUT2D eigenvalue weighted by molar-refractivity contribution is 7.15. The summed E-state index contributed by atoms with van der Waals surface area (Å²) in [5.74, 6) is 0. The average molecular weight is 245 g/mol. The van der Waals surface area contributed by atoms with Crippen LogP contribution in [0.3, 0.4) is 0 Å². The van der Waals surface area contributed by atoms with Crippen molar-refractivity contribution in [2.45, 2.75) is 39.5 Å². The van der Waals surface area contributed by atoms with Gasteiger partial charge in [-0.25, -0.2) is 4.98 Å². The molecule has 2 rings (SSSR count). The fraction of sp³-hybridized carbons (Fsp3) is 0.400. The number of hydrogen-bond acceptors (Lipinski definition) is 2. The third-order valence-electron chi connectivity index (χ3n) is 2.87. The van der Waals surface area contributed by atoms with Crippen LogP contribution in [-0.2, 0) is 6.42 Å². The first-order valence-corrected chi connectivity index (χ1v) is 7.14. The lowest BCUT2D eigenvalue weighted by Crippen LogP contribution is -1.83. The summed E-state index contributed by atoms with van der Waals surface area (Å²) in [7, 11) is 0. The fourth-order valence-electron chi connectivity index (χ4n) is 1.94. The molecule has 2 heteroatoms. The molecule has 0 aliphatic carbocycles. The first kappa shape index (κ1) is 12.3. The highest BCUT2D eigenvalue weighted by Gasteiger charge is 2.08. The third kappa shape index (κ3) is 3.16. The topological polar surface area (TPSA) is 12.9 Å². The van der Waals surface area contributed by atoms with E-state index in [0.29, 0.717) is 0 Å². The van der Waals surface area contributed by atoms with Crippen LogP contribution in [0.15, 0.2) is 30.3 Å². The van der Waals surface area contributed by atoms with Crippen molar-refractivity contribution in [3.8, 4) is 10.4 Å². The Labute approximate surface area is 108 Å². The van der Waals surface area contributed by atoms with E-state index in [2.05, 4.69) is 49.2 Å². The zero-order valence-electron chi connectivity index (χ0n) is 10.6. The maximum atomic E-state index is 4.68. The summed E-state index contributed by atoms with van der Waals surface area (Å²) in [6, 6.07) is 10.6. The molecule has 1 heterocycles. The maximum absolute atomic E-state index is 4.68. The molecule has 0 atom stereocenters. The van der Waals surface area contributed by atoms with Crippen molar-refractivity contribution in [2.75, 3.05) is 0 Å². The van der Waals surface area contributed by atoms with E-state index < -0.39 is 0 Å². The van der Waals surface area contributed by atoms with Gasteiger partial charge in [-0.1, -0.05) is 50.1 Å². The van der Waals surface area contributed by atoms with E-state index in [1.165, 1.54) is 40.4 Å². The summed E-state index contributed by atoms with van der Waals surface area (Å²) in [5.41, 5.74) is 2.47. The van der Waals surface area contributed by atoms with Crippen LogP contribution in [0.25, 0.3) is 10.4 Å². The predicted octanol–water partition coefficient (Wildman–Crippen LogP) is 4.85. The van der Waals surface area contributed by atoms with Gasteiger partial charge in [-0.2, -0.15) is 0 Å². The standard InChI is InChI=1S/C15H19NS/c1-3-4-6-11-14-16-12(2)15(17-14)13-9-7-5-8-10-13/h5,7-10H,3-4,6,11H2,1-2H3. The summed E-state index contributed by atoms with van der Waals surface area (Å²) in [4.78, 5) is 6.01.